The molecule has 2 aromatic rings. The van der Waals surface area contributed by atoms with Crippen molar-refractivity contribution in [3.05, 3.63) is 33.9 Å². The summed E-state index contributed by atoms with van der Waals surface area (Å²) in [6.45, 7) is 1.84. The minimum atomic E-state index is 0.442. The van der Waals surface area contributed by atoms with Crippen LogP contribution in [0.25, 0.3) is 10.9 Å². The van der Waals surface area contributed by atoms with Crippen LogP contribution in [0.15, 0.2) is 18.2 Å². The maximum atomic E-state index is 6.18. The number of hydrogen-bond acceptors (Lipinski definition) is 2. The summed E-state index contributed by atoms with van der Waals surface area (Å²) in [4.78, 5) is 4.24. The first kappa shape index (κ1) is 10.5. The number of ether oxygens (including phenoxy) is 1. The monoisotopic (exact) mass is 241 g/mol. The molecular weight excluding hydrogens is 233 g/mol. The van der Waals surface area contributed by atoms with Crippen molar-refractivity contribution in [2.45, 2.75) is 6.92 Å². The lowest BCUT2D eigenvalue weighted by Gasteiger charge is -2.07. The van der Waals surface area contributed by atoms with Gasteiger partial charge in [-0.1, -0.05) is 23.2 Å². The Morgan fingerprint density at radius 3 is 2.67 bits per heavy atom. The quantitative estimate of drug-likeness (QED) is 0.708. The van der Waals surface area contributed by atoms with Crippen LogP contribution in [0.5, 0.6) is 5.75 Å². The molecule has 4 heteroatoms. The first-order chi connectivity index (χ1) is 7.13. The number of pyridine rings is 1. The van der Waals surface area contributed by atoms with Crippen LogP contribution >= 0.6 is 23.2 Å². The Bertz CT molecular complexity index is 525. The van der Waals surface area contributed by atoms with Gasteiger partial charge in [0, 0.05) is 10.9 Å². The lowest BCUT2D eigenvalue weighted by molar-refractivity contribution is 0.415. The third-order valence-electron chi connectivity index (χ3n) is 2.30. The van der Waals surface area contributed by atoms with Crippen molar-refractivity contribution in [2.24, 2.45) is 0 Å². The smallest absolute Gasteiger partial charge is 0.134 e. The number of rotatable bonds is 1. The van der Waals surface area contributed by atoms with E-state index in [4.69, 9.17) is 27.9 Å². The molecule has 0 amide bonds. The van der Waals surface area contributed by atoms with Crippen molar-refractivity contribution in [3.63, 3.8) is 0 Å². The second-order valence-electron chi connectivity index (χ2n) is 3.22. The van der Waals surface area contributed by atoms with E-state index in [1.165, 1.54) is 0 Å². The van der Waals surface area contributed by atoms with Crippen LogP contribution in [-0.4, -0.2) is 12.1 Å². The summed E-state index contributed by atoms with van der Waals surface area (Å²) >= 11 is 12.1. The number of hydrogen-bond donors (Lipinski definition) is 0. The maximum Gasteiger partial charge on any atom is 0.134 e. The molecule has 0 spiro atoms. The molecule has 78 valence electrons. The lowest BCUT2D eigenvalue weighted by Crippen LogP contribution is -1.89. The molecule has 0 radical (unpaired) electrons. The van der Waals surface area contributed by atoms with Crippen LogP contribution in [0.1, 0.15) is 5.56 Å². The standard InChI is InChI=1S/C11H9Cl2NO/c1-6-10(12)8-5-7(15-2)3-4-9(8)14-11(6)13/h3-5H,1-2H3. The highest BCUT2D eigenvalue weighted by Crippen LogP contribution is 2.32. The van der Waals surface area contributed by atoms with Gasteiger partial charge in [-0.3, -0.25) is 0 Å². The third kappa shape index (κ3) is 1.75. The lowest BCUT2D eigenvalue weighted by atomic mass is 10.1. The van der Waals surface area contributed by atoms with Gasteiger partial charge in [-0.25, -0.2) is 4.98 Å². The molecule has 0 aliphatic heterocycles. The van der Waals surface area contributed by atoms with E-state index < -0.39 is 0 Å². The van der Waals surface area contributed by atoms with E-state index in [1.807, 2.05) is 25.1 Å². The van der Waals surface area contributed by atoms with Gasteiger partial charge in [0.25, 0.3) is 0 Å². The molecule has 0 aliphatic carbocycles. The Labute approximate surface area is 97.8 Å². The van der Waals surface area contributed by atoms with E-state index in [1.54, 1.807) is 7.11 Å². The van der Waals surface area contributed by atoms with E-state index in [2.05, 4.69) is 4.98 Å². The zero-order chi connectivity index (χ0) is 11.0. The largest absolute Gasteiger partial charge is 0.497 e. The Hall–Kier alpha value is -0.990. The fraction of sp³-hybridized carbons (Fsp3) is 0.182. The van der Waals surface area contributed by atoms with Gasteiger partial charge in [0.2, 0.25) is 0 Å². The first-order valence-corrected chi connectivity index (χ1v) is 5.18. The number of aromatic nitrogens is 1. The number of methoxy groups -OCH3 is 1. The summed E-state index contributed by atoms with van der Waals surface area (Å²) in [5.41, 5.74) is 1.57. The predicted molar refractivity (Wildman–Crippen MR) is 63.1 cm³/mol. The maximum absolute atomic E-state index is 6.18. The van der Waals surface area contributed by atoms with Crippen molar-refractivity contribution in [2.75, 3.05) is 7.11 Å². The summed E-state index contributed by atoms with van der Waals surface area (Å²) in [5.74, 6) is 0.757. The predicted octanol–water partition coefficient (Wildman–Crippen LogP) is 3.86. The van der Waals surface area contributed by atoms with E-state index in [0.29, 0.717) is 10.2 Å². The first-order valence-electron chi connectivity index (χ1n) is 4.43. The molecule has 1 aromatic heterocycles. The van der Waals surface area contributed by atoms with Gasteiger partial charge in [-0.2, -0.15) is 0 Å². The zero-order valence-electron chi connectivity index (χ0n) is 8.34. The van der Waals surface area contributed by atoms with Gasteiger partial charge < -0.3 is 4.74 Å². The van der Waals surface area contributed by atoms with Crippen LogP contribution in [0.2, 0.25) is 10.2 Å². The molecule has 15 heavy (non-hydrogen) atoms. The van der Waals surface area contributed by atoms with Crippen molar-refractivity contribution in [1.29, 1.82) is 0 Å². The van der Waals surface area contributed by atoms with Crippen LogP contribution in [0, 0.1) is 6.92 Å². The summed E-state index contributed by atoms with van der Waals surface area (Å²) in [6, 6.07) is 5.52. The van der Waals surface area contributed by atoms with E-state index >= 15 is 0 Å². The molecule has 1 heterocycles. The summed E-state index contributed by atoms with van der Waals surface area (Å²) < 4.78 is 5.13. The summed E-state index contributed by atoms with van der Waals surface area (Å²) in [6.07, 6.45) is 0. The minimum absolute atomic E-state index is 0.442. The van der Waals surface area contributed by atoms with Crippen molar-refractivity contribution >= 4 is 34.1 Å². The Morgan fingerprint density at radius 1 is 1.27 bits per heavy atom. The third-order valence-corrected chi connectivity index (χ3v) is 3.15. The number of fused-ring (bicyclic) bond motifs is 1. The molecule has 2 nitrogen and oxygen atoms in total. The molecule has 0 atom stereocenters. The van der Waals surface area contributed by atoms with E-state index in [-0.39, 0.29) is 0 Å². The number of benzene rings is 1. The van der Waals surface area contributed by atoms with Crippen molar-refractivity contribution < 1.29 is 4.74 Å². The highest BCUT2D eigenvalue weighted by Gasteiger charge is 2.09. The van der Waals surface area contributed by atoms with Crippen LogP contribution in [0.4, 0.5) is 0 Å². The molecule has 1 aromatic carbocycles. The fourth-order valence-electron chi connectivity index (χ4n) is 1.40. The molecule has 0 N–H and O–H groups in total. The van der Waals surface area contributed by atoms with Crippen LogP contribution in [0.3, 0.4) is 0 Å². The Morgan fingerprint density at radius 2 is 2.00 bits per heavy atom. The highest BCUT2D eigenvalue weighted by atomic mass is 35.5. The van der Waals surface area contributed by atoms with E-state index in [9.17, 15) is 0 Å². The molecule has 2 rings (SSSR count). The molecular formula is C11H9Cl2NO. The second-order valence-corrected chi connectivity index (χ2v) is 3.96. The molecule has 0 fully saturated rings. The Balaban J connectivity index is 2.81. The Kier molecular flexibility index (Phi) is 2.72. The van der Waals surface area contributed by atoms with Gasteiger partial charge in [-0.05, 0) is 25.1 Å². The van der Waals surface area contributed by atoms with Gasteiger partial charge >= 0.3 is 0 Å². The summed E-state index contributed by atoms with van der Waals surface area (Å²) in [7, 11) is 1.62. The van der Waals surface area contributed by atoms with Gasteiger partial charge in [0.05, 0.1) is 17.6 Å². The van der Waals surface area contributed by atoms with Crippen molar-refractivity contribution in [1.82, 2.24) is 4.98 Å². The minimum Gasteiger partial charge on any atom is -0.497 e. The second kappa shape index (κ2) is 3.87. The number of halogens is 2. The SMILES string of the molecule is COc1ccc2nc(Cl)c(C)c(Cl)c2c1. The fourth-order valence-corrected chi connectivity index (χ4v) is 1.87. The van der Waals surface area contributed by atoms with E-state index in [0.717, 1.165) is 22.2 Å². The highest BCUT2D eigenvalue weighted by molar-refractivity contribution is 6.39. The molecule has 0 bridgehead atoms. The molecule has 0 aliphatic rings. The molecule has 0 unspecified atom stereocenters. The normalized spacial score (nSPS) is 10.7. The zero-order valence-corrected chi connectivity index (χ0v) is 9.86. The van der Waals surface area contributed by atoms with Gasteiger partial charge in [0.15, 0.2) is 0 Å². The summed E-state index contributed by atoms with van der Waals surface area (Å²) in [5, 5.41) is 1.93. The topological polar surface area (TPSA) is 22.1 Å². The number of nitrogens with zero attached hydrogens (tertiary/aromatic N) is 1. The van der Waals surface area contributed by atoms with Gasteiger partial charge in [0.1, 0.15) is 10.9 Å². The van der Waals surface area contributed by atoms with Gasteiger partial charge in [-0.15, -0.1) is 0 Å². The van der Waals surface area contributed by atoms with Crippen molar-refractivity contribution in [3.8, 4) is 5.75 Å². The van der Waals surface area contributed by atoms with Crippen LogP contribution in [-0.2, 0) is 0 Å². The molecule has 0 saturated heterocycles. The van der Waals surface area contributed by atoms with Crippen LogP contribution < -0.4 is 4.74 Å². The molecule has 0 saturated carbocycles. The average Bonchev–Trinajstić information content (AvgIpc) is 2.26. The average molecular weight is 242 g/mol.